The van der Waals surface area contributed by atoms with Crippen LogP contribution in [0.2, 0.25) is 5.15 Å². The summed E-state index contributed by atoms with van der Waals surface area (Å²) in [6.45, 7) is -1.37. The van der Waals surface area contributed by atoms with Gasteiger partial charge in [0.05, 0.1) is 13.2 Å². The van der Waals surface area contributed by atoms with Crippen molar-refractivity contribution in [2.75, 3.05) is 25.4 Å². The average Bonchev–Trinajstić information content (AvgIpc) is 2.25. The van der Waals surface area contributed by atoms with Crippen molar-refractivity contribution in [3.05, 3.63) is 22.8 Å². The van der Waals surface area contributed by atoms with Crippen LogP contribution in [0.15, 0.2) is 12.1 Å². The molecule has 100 valence electrons. The summed E-state index contributed by atoms with van der Waals surface area (Å²) in [6.07, 6.45) is -2.69. The summed E-state index contributed by atoms with van der Waals surface area (Å²) < 4.78 is 24.6. The molecule has 0 atom stereocenters. The van der Waals surface area contributed by atoms with Gasteiger partial charge in [-0.25, -0.2) is 13.8 Å². The predicted octanol–water partition coefficient (Wildman–Crippen LogP) is 1.02. The Kier molecular flexibility index (Phi) is 5.24. The molecule has 1 amide bonds. The molecular weight excluding hydrogens is 268 g/mol. The molecule has 0 aliphatic heterocycles. The van der Waals surface area contributed by atoms with Gasteiger partial charge in [-0.15, -0.1) is 0 Å². The fourth-order valence-electron chi connectivity index (χ4n) is 1.39. The highest BCUT2D eigenvalue weighted by molar-refractivity contribution is 6.29. The molecule has 0 aliphatic carbocycles. The second-order valence-corrected chi connectivity index (χ2v) is 3.86. The fourth-order valence-corrected chi connectivity index (χ4v) is 1.60. The number of carbonyl (C=O) groups is 1. The van der Waals surface area contributed by atoms with E-state index in [1.807, 2.05) is 0 Å². The standard InChI is InChI=1S/C10H12ClF2N3O2/c11-7-3-6(4-9(14)15-7)10(18)16(1-2-17)5-8(12)13/h3-4,8,17H,1-2,5H2,(H2,14,15). The van der Waals surface area contributed by atoms with Gasteiger partial charge in [0, 0.05) is 12.1 Å². The lowest BCUT2D eigenvalue weighted by molar-refractivity contribution is 0.0509. The fraction of sp³-hybridized carbons (Fsp3) is 0.400. The Balaban J connectivity index is 2.93. The van der Waals surface area contributed by atoms with E-state index in [9.17, 15) is 13.6 Å². The Bertz CT molecular complexity index is 411. The van der Waals surface area contributed by atoms with Gasteiger partial charge in [-0.3, -0.25) is 4.79 Å². The summed E-state index contributed by atoms with van der Waals surface area (Å²) in [5.41, 5.74) is 5.47. The number of alkyl halides is 2. The van der Waals surface area contributed by atoms with Gasteiger partial charge in [-0.05, 0) is 12.1 Å². The van der Waals surface area contributed by atoms with Crippen LogP contribution in [0.5, 0.6) is 0 Å². The number of anilines is 1. The number of aliphatic hydroxyl groups is 1. The van der Waals surface area contributed by atoms with E-state index in [1.165, 1.54) is 12.1 Å². The van der Waals surface area contributed by atoms with E-state index in [-0.39, 0.29) is 23.1 Å². The van der Waals surface area contributed by atoms with Gasteiger partial charge in [-0.1, -0.05) is 11.6 Å². The Morgan fingerprint density at radius 2 is 2.22 bits per heavy atom. The maximum absolute atomic E-state index is 12.3. The summed E-state index contributed by atoms with van der Waals surface area (Å²) in [5.74, 6) is -0.660. The number of rotatable bonds is 5. The zero-order valence-corrected chi connectivity index (χ0v) is 10.1. The maximum atomic E-state index is 12.3. The van der Waals surface area contributed by atoms with Crippen LogP contribution in [0.3, 0.4) is 0 Å². The molecule has 1 aromatic heterocycles. The second-order valence-electron chi connectivity index (χ2n) is 3.47. The lowest BCUT2D eigenvalue weighted by Crippen LogP contribution is -2.37. The molecule has 0 unspecified atom stereocenters. The van der Waals surface area contributed by atoms with Crippen LogP contribution in [-0.2, 0) is 0 Å². The van der Waals surface area contributed by atoms with Crippen molar-refractivity contribution >= 4 is 23.3 Å². The zero-order chi connectivity index (χ0) is 13.7. The summed E-state index contributed by atoms with van der Waals surface area (Å²) in [4.78, 5) is 16.4. The van der Waals surface area contributed by atoms with E-state index in [1.54, 1.807) is 0 Å². The highest BCUT2D eigenvalue weighted by Crippen LogP contribution is 2.14. The summed E-state index contributed by atoms with van der Waals surface area (Å²) in [6, 6.07) is 2.47. The molecule has 5 nitrogen and oxygen atoms in total. The quantitative estimate of drug-likeness (QED) is 0.789. The number of nitrogens with zero attached hydrogens (tertiary/aromatic N) is 2. The number of nitrogens with two attached hydrogens (primary N) is 1. The van der Waals surface area contributed by atoms with Crippen molar-refractivity contribution in [3.8, 4) is 0 Å². The molecule has 3 N–H and O–H groups in total. The highest BCUT2D eigenvalue weighted by Gasteiger charge is 2.20. The minimum Gasteiger partial charge on any atom is -0.395 e. The Morgan fingerprint density at radius 1 is 1.56 bits per heavy atom. The van der Waals surface area contributed by atoms with Gasteiger partial charge >= 0.3 is 0 Å². The van der Waals surface area contributed by atoms with Crippen molar-refractivity contribution in [2.24, 2.45) is 0 Å². The molecule has 0 saturated carbocycles. The molecule has 1 rings (SSSR count). The number of halogens is 3. The molecule has 0 saturated heterocycles. The van der Waals surface area contributed by atoms with Crippen molar-refractivity contribution in [3.63, 3.8) is 0 Å². The molecule has 0 radical (unpaired) electrons. The van der Waals surface area contributed by atoms with E-state index in [2.05, 4.69) is 4.98 Å². The van der Waals surface area contributed by atoms with Crippen molar-refractivity contribution in [2.45, 2.75) is 6.43 Å². The number of carbonyl (C=O) groups excluding carboxylic acids is 1. The van der Waals surface area contributed by atoms with E-state index in [4.69, 9.17) is 22.4 Å². The molecule has 0 aromatic carbocycles. The normalized spacial score (nSPS) is 10.7. The first-order valence-corrected chi connectivity index (χ1v) is 5.43. The maximum Gasteiger partial charge on any atom is 0.255 e. The second kappa shape index (κ2) is 6.46. The Labute approximate surface area is 107 Å². The summed E-state index contributed by atoms with van der Waals surface area (Å²) >= 11 is 5.62. The topological polar surface area (TPSA) is 79.5 Å². The molecule has 0 fully saturated rings. The number of aliphatic hydroxyl groups excluding tert-OH is 1. The molecular formula is C10H12ClF2N3O2. The van der Waals surface area contributed by atoms with Crippen LogP contribution in [0, 0.1) is 0 Å². The van der Waals surface area contributed by atoms with Crippen LogP contribution in [-0.4, -0.2) is 47.0 Å². The zero-order valence-electron chi connectivity index (χ0n) is 9.31. The SMILES string of the molecule is Nc1cc(C(=O)N(CCO)CC(F)F)cc(Cl)n1. The molecule has 8 heteroatoms. The van der Waals surface area contributed by atoms with Crippen LogP contribution >= 0.6 is 11.6 Å². The van der Waals surface area contributed by atoms with Crippen LogP contribution in [0.25, 0.3) is 0 Å². The first-order chi connectivity index (χ1) is 8.43. The van der Waals surface area contributed by atoms with Gasteiger partial charge in [-0.2, -0.15) is 0 Å². The van der Waals surface area contributed by atoms with Crippen LogP contribution in [0.1, 0.15) is 10.4 Å². The van der Waals surface area contributed by atoms with Gasteiger partial charge in [0.25, 0.3) is 12.3 Å². The predicted molar refractivity (Wildman–Crippen MR) is 62.7 cm³/mol. The Hall–Kier alpha value is -1.47. The van der Waals surface area contributed by atoms with Crippen molar-refractivity contribution in [1.29, 1.82) is 0 Å². The number of nitrogen functional groups attached to an aromatic ring is 1. The number of hydrogen-bond acceptors (Lipinski definition) is 4. The lowest BCUT2D eigenvalue weighted by atomic mass is 10.2. The third-order valence-corrected chi connectivity index (χ3v) is 2.27. The van der Waals surface area contributed by atoms with Gasteiger partial charge in [0.15, 0.2) is 0 Å². The lowest BCUT2D eigenvalue weighted by Gasteiger charge is -2.21. The smallest absolute Gasteiger partial charge is 0.255 e. The van der Waals surface area contributed by atoms with E-state index in [0.717, 1.165) is 4.90 Å². The van der Waals surface area contributed by atoms with Crippen LogP contribution in [0.4, 0.5) is 14.6 Å². The minimum absolute atomic E-state index is 0.000606. The molecule has 0 bridgehead atoms. The largest absolute Gasteiger partial charge is 0.395 e. The number of amides is 1. The minimum atomic E-state index is -2.69. The number of pyridine rings is 1. The molecule has 18 heavy (non-hydrogen) atoms. The molecule has 1 aromatic rings. The van der Waals surface area contributed by atoms with Gasteiger partial charge in [0.1, 0.15) is 11.0 Å². The highest BCUT2D eigenvalue weighted by atomic mass is 35.5. The summed E-state index contributed by atoms with van der Waals surface area (Å²) in [7, 11) is 0. The van der Waals surface area contributed by atoms with E-state index < -0.39 is 25.5 Å². The van der Waals surface area contributed by atoms with E-state index in [0.29, 0.717) is 0 Å². The summed E-state index contributed by atoms with van der Waals surface area (Å²) in [5, 5.41) is 8.75. The van der Waals surface area contributed by atoms with Crippen LogP contribution < -0.4 is 5.73 Å². The first-order valence-electron chi connectivity index (χ1n) is 5.05. The number of hydrogen-bond donors (Lipinski definition) is 2. The third-order valence-electron chi connectivity index (χ3n) is 2.08. The van der Waals surface area contributed by atoms with E-state index >= 15 is 0 Å². The molecule has 0 aliphatic rings. The van der Waals surface area contributed by atoms with Gasteiger partial charge in [0.2, 0.25) is 0 Å². The third kappa shape index (κ3) is 4.08. The average molecular weight is 280 g/mol. The molecule has 0 spiro atoms. The van der Waals surface area contributed by atoms with Crippen molar-refractivity contribution in [1.82, 2.24) is 9.88 Å². The molecule has 1 heterocycles. The Morgan fingerprint density at radius 3 is 2.72 bits per heavy atom. The van der Waals surface area contributed by atoms with Gasteiger partial charge < -0.3 is 15.7 Å². The number of aromatic nitrogens is 1. The first kappa shape index (κ1) is 14.6. The van der Waals surface area contributed by atoms with Crippen molar-refractivity contribution < 1.29 is 18.7 Å². The monoisotopic (exact) mass is 279 g/mol.